The fourth-order valence-electron chi connectivity index (χ4n) is 4.21. The SMILES string of the molecule is CCC1=CC(=C(c2cc(CC)c(N)c(CC)c2)c2c(Cl)cccc2Cl)C=C(CC)C1=[NH2+]. The maximum Gasteiger partial charge on any atom is 0.203 e. The van der Waals surface area contributed by atoms with E-state index in [4.69, 9.17) is 34.3 Å². The molecular weight excluding hydrogens is 423 g/mol. The number of hydrogen-bond donors (Lipinski definition) is 2. The summed E-state index contributed by atoms with van der Waals surface area (Å²) < 4.78 is 0. The number of nitrogens with two attached hydrogens (primary N) is 2. The summed E-state index contributed by atoms with van der Waals surface area (Å²) in [5.74, 6) is 0. The standard InChI is InChI=1S/C27H30Cl2N2/c1-5-16-12-20(13-17(6-2)26(16)30)24(25-22(28)10-9-11-23(25)29)21-14-18(7-3)27(31)19(8-4)15-21/h9-15,30H,5-8,31H2,1-4H3/p+1. The Hall–Kier alpha value is -2.29. The molecule has 0 aromatic heterocycles. The van der Waals surface area contributed by atoms with Crippen LogP contribution in [0, 0.1) is 0 Å². The van der Waals surface area contributed by atoms with Gasteiger partial charge in [0.2, 0.25) is 5.71 Å². The molecule has 162 valence electrons. The second-order valence-corrected chi connectivity index (χ2v) is 8.62. The van der Waals surface area contributed by atoms with Gasteiger partial charge in [-0.05, 0) is 89.9 Å². The van der Waals surface area contributed by atoms with Gasteiger partial charge >= 0.3 is 0 Å². The zero-order chi connectivity index (χ0) is 22.7. The molecule has 3 rings (SSSR count). The normalized spacial score (nSPS) is 13.9. The lowest BCUT2D eigenvalue weighted by Crippen LogP contribution is -2.42. The third-order valence-electron chi connectivity index (χ3n) is 6.02. The van der Waals surface area contributed by atoms with E-state index >= 15 is 0 Å². The zero-order valence-electron chi connectivity index (χ0n) is 18.8. The van der Waals surface area contributed by atoms with Crippen LogP contribution in [0.4, 0.5) is 5.69 Å². The lowest BCUT2D eigenvalue weighted by Gasteiger charge is -2.21. The molecule has 0 bridgehead atoms. The van der Waals surface area contributed by atoms with Gasteiger partial charge < -0.3 is 5.73 Å². The van der Waals surface area contributed by atoms with Crippen molar-refractivity contribution in [1.29, 1.82) is 0 Å². The second kappa shape index (κ2) is 9.89. The van der Waals surface area contributed by atoms with Gasteiger partial charge in [0.1, 0.15) is 0 Å². The van der Waals surface area contributed by atoms with Crippen molar-refractivity contribution in [1.82, 2.24) is 0 Å². The van der Waals surface area contributed by atoms with E-state index in [1.807, 2.05) is 18.2 Å². The molecule has 1 aliphatic carbocycles. The van der Waals surface area contributed by atoms with Gasteiger partial charge in [-0.15, -0.1) is 0 Å². The van der Waals surface area contributed by atoms with E-state index in [1.54, 1.807) is 0 Å². The van der Waals surface area contributed by atoms with Crippen LogP contribution in [0.15, 0.2) is 59.2 Å². The first-order chi connectivity index (χ1) is 14.9. The molecule has 0 aliphatic heterocycles. The van der Waals surface area contributed by atoms with Gasteiger partial charge in [0.15, 0.2) is 0 Å². The largest absolute Gasteiger partial charge is 0.398 e. The van der Waals surface area contributed by atoms with Gasteiger partial charge in [0.25, 0.3) is 0 Å². The Morgan fingerprint density at radius 1 is 0.839 bits per heavy atom. The lowest BCUT2D eigenvalue weighted by atomic mass is 9.83. The third-order valence-corrected chi connectivity index (χ3v) is 6.65. The van der Waals surface area contributed by atoms with Crippen LogP contribution in [0.1, 0.15) is 62.8 Å². The third kappa shape index (κ3) is 4.51. The molecule has 0 heterocycles. The summed E-state index contributed by atoms with van der Waals surface area (Å²) in [5, 5.41) is 7.70. The van der Waals surface area contributed by atoms with Gasteiger partial charge in [0.05, 0.1) is 0 Å². The molecule has 0 saturated carbocycles. The Morgan fingerprint density at radius 2 is 1.32 bits per heavy atom. The van der Waals surface area contributed by atoms with Crippen molar-refractivity contribution >= 4 is 40.2 Å². The number of benzene rings is 2. The highest BCUT2D eigenvalue weighted by Crippen LogP contribution is 2.41. The molecule has 0 spiro atoms. The van der Waals surface area contributed by atoms with Crippen molar-refractivity contribution in [2.24, 2.45) is 0 Å². The van der Waals surface area contributed by atoms with Crippen molar-refractivity contribution in [2.75, 3.05) is 5.73 Å². The summed E-state index contributed by atoms with van der Waals surface area (Å²) in [7, 11) is 0. The minimum atomic E-state index is 0.628. The number of anilines is 1. The van der Waals surface area contributed by atoms with E-state index in [-0.39, 0.29) is 0 Å². The monoisotopic (exact) mass is 453 g/mol. The highest BCUT2D eigenvalue weighted by molar-refractivity contribution is 6.38. The molecule has 0 radical (unpaired) electrons. The molecule has 2 nitrogen and oxygen atoms in total. The van der Waals surface area contributed by atoms with Crippen LogP contribution in [0.3, 0.4) is 0 Å². The van der Waals surface area contributed by atoms with E-state index in [0.717, 1.165) is 81.6 Å². The van der Waals surface area contributed by atoms with Gasteiger partial charge in [-0.25, -0.2) is 0 Å². The van der Waals surface area contributed by atoms with Gasteiger partial charge in [-0.3, -0.25) is 5.41 Å². The lowest BCUT2D eigenvalue weighted by molar-refractivity contribution is -0.112. The van der Waals surface area contributed by atoms with E-state index < -0.39 is 0 Å². The fraction of sp³-hybridized carbons (Fsp3) is 0.296. The molecule has 4 N–H and O–H groups in total. The summed E-state index contributed by atoms with van der Waals surface area (Å²) in [5.41, 5.74) is 16.7. The Labute approximate surface area is 196 Å². The van der Waals surface area contributed by atoms with Crippen LogP contribution in [0.5, 0.6) is 0 Å². The first-order valence-electron chi connectivity index (χ1n) is 11.0. The Bertz CT molecular complexity index is 1050. The molecule has 4 heteroatoms. The highest BCUT2D eigenvalue weighted by Gasteiger charge is 2.24. The predicted molar refractivity (Wildman–Crippen MR) is 136 cm³/mol. The molecule has 0 atom stereocenters. The maximum atomic E-state index is 6.73. The topological polar surface area (TPSA) is 51.6 Å². The van der Waals surface area contributed by atoms with Crippen molar-refractivity contribution in [3.05, 3.63) is 91.5 Å². The van der Waals surface area contributed by atoms with Crippen molar-refractivity contribution in [3.8, 4) is 0 Å². The van der Waals surface area contributed by atoms with Crippen LogP contribution < -0.4 is 11.1 Å². The van der Waals surface area contributed by atoms with Gasteiger partial charge in [-0.2, -0.15) is 0 Å². The van der Waals surface area contributed by atoms with Crippen molar-refractivity contribution < 1.29 is 5.41 Å². The summed E-state index contributed by atoms with van der Waals surface area (Å²) >= 11 is 13.5. The van der Waals surface area contributed by atoms with Crippen molar-refractivity contribution in [3.63, 3.8) is 0 Å². The highest BCUT2D eigenvalue weighted by atomic mass is 35.5. The Morgan fingerprint density at radius 3 is 1.74 bits per heavy atom. The van der Waals surface area contributed by atoms with E-state index in [1.165, 1.54) is 0 Å². The minimum absolute atomic E-state index is 0.628. The summed E-state index contributed by atoms with van der Waals surface area (Å²) in [4.78, 5) is 0. The summed E-state index contributed by atoms with van der Waals surface area (Å²) in [6.45, 7) is 8.52. The van der Waals surface area contributed by atoms with Crippen LogP contribution in [0.2, 0.25) is 10.0 Å². The number of halogens is 2. The maximum absolute atomic E-state index is 6.73. The zero-order valence-corrected chi connectivity index (χ0v) is 20.3. The molecule has 31 heavy (non-hydrogen) atoms. The number of nitrogen functional groups attached to an aromatic ring is 1. The first-order valence-corrected chi connectivity index (χ1v) is 11.8. The minimum Gasteiger partial charge on any atom is -0.398 e. The molecular formula is C27H31Cl2N2+. The molecule has 2 aromatic carbocycles. The first kappa shape index (κ1) is 23.4. The number of rotatable bonds is 6. The molecule has 0 amide bonds. The molecule has 0 fully saturated rings. The average Bonchev–Trinajstić information content (AvgIpc) is 2.77. The molecule has 2 aromatic rings. The van der Waals surface area contributed by atoms with E-state index in [0.29, 0.717) is 10.0 Å². The number of hydrogen-bond acceptors (Lipinski definition) is 1. The number of aryl methyl sites for hydroxylation is 2. The molecule has 0 unspecified atom stereocenters. The Balaban J connectivity index is 2.46. The smallest absolute Gasteiger partial charge is 0.203 e. The van der Waals surface area contributed by atoms with Gasteiger partial charge in [-0.1, -0.05) is 57.0 Å². The van der Waals surface area contributed by atoms with Crippen LogP contribution >= 0.6 is 23.2 Å². The Kier molecular flexibility index (Phi) is 7.46. The van der Waals surface area contributed by atoms with Crippen LogP contribution in [0.25, 0.3) is 5.57 Å². The van der Waals surface area contributed by atoms with Crippen molar-refractivity contribution in [2.45, 2.75) is 53.4 Å². The summed E-state index contributed by atoms with van der Waals surface area (Å²) in [6.07, 6.45) is 7.79. The molecule has 1 aliphatic rings. The molecule has 0 saturated heterocycles. The van der Waals surface area contributed by atoms with Gasteiger partial charge in [0, 0.05) is 32.4 Å². The van der Waals surface area contributed by atoms with E-state index in [9.17, 15) is 0 Å². The summed E-state index contributed by atoms with van der Waals surface area (Å²) in [6, 6.07) is 10.0. The number of allylic oxidation sites excluding steroid dienone is 5. The predicted octanol–water partition coefficient (Wildman–Crippen LogP) is 6.39. The van der Waals surface area contributed by atoms with Crippen LogP contribution in [-0.2, 0) is 12.8 Å². The second-order valence-electron chi connectivity index (χ2n) is 7.80. The quantitative estimate of drug-likeness (QED) is 0.489. The van der Waals surface area contributed by atoms with E-state index in [2.05, 4.69) is 52.0 Å². The average molecular weight is 454 g/mol. The van der Waals surface area contributed by atoms with Crippen LogP contribution in [-0.4, -0.2) is 5.71 Å². The fourth-order valence-corrected chi connectivity index (χ4v) is 4.79.